The number of fused-ring (bicyclic) bond motifs is 2. The largest absolute Gasteiger partial charge is 2.00 e. The van der Waals surface area contributed by atoms with Crippen LogP contribution < -0.4 is 15.4 Å². The van der Waals surface area contributed by atoms with Gasteiger partial charge in [-0.3, -0.25) is 19.7 Å². The molecule has 0 unspecified atom stereocenters. The maximum absolute atomic E-state index is 13.7. The van der Waals surface area contributed by atoms with Crippen LogP contribution in [0.2, 0.25) is 0 Å². The molecule has 0 amide bonds. The third-order valence-corrected chi connectivity index (χ3v) is 12.7. The van der Waals surface area contributed by atoms with Crippen molar-refractivity contribution in [1.29, 1.82) is 0 Å². The Morgan fingerprint density at radius 1 is 0.823 bits per heavy atom. The van der Waals surface area contributed by atoms with E-state index in [-0.39, 0.29) is 40.3 Å². The SMILES string of the molecule is O=C([O-])[C@@H](N=C(c1ccccc1)c1ccccc1N=C([O-])[C@@H]1CCCN1Cc1ccccc1)[C@H]1CCc2ccc(Br)cc21.O=C[B]N[C@H](C(=O)O)[C@H]1CCc2ccc(Br)cc21.[Ni+2]. The van der Waals surface area contributed by atoms with Crippen molar-refractivity contribution >= 4 is 74.7 Å². The Balaban J connectivity index is 0.000000283. The van der Waals surface area contributed by atoms with E-state index >= 15 is 0 Å². The van der Waals surface area contributed by atoms with Crippen LogP contribution in [0.1, 0.15) is 76.5 Å². The average molecular weight is 1000 g/mol. The third kappa shape index (κ3) is 11.3. The van der Waals surface area contributed by atoms with Gasteiger partial charge in [0, 0.05) is 44.5 Å². The summed E-state index contributed by atoms with van der Waals surface area (Å²) in [6.07, 6.45) is 5.35. The van der Waals surface area contributed by atoms with E-state index in [0.717, 1.165) is 82.8 Å². The minimum Gasteiger partial charge on any atom is -0.861 e. The molecule has 8 rings (SSSR count). The van der Waals surface area contributed by atoms with Crippen LogP contribution in [0.3, 0.4) is 0 Å². The summed E-state index contributed by atoms with van der Waals surface area (Å²) in [6.45, 7) is 1.53. The van der Waals surface area contributed by atoms with E-state index in [0.29, 0.717) is 36.1 Å². The van der Waals surface area contributed by atoms with Crippen LogP contribution in [-0.4, -0.2) is 71.8 Å². The van der Waals surface area contributed by atoms with Gasteiger partial charge in [0.1, 0.15) is 6.04 Å². The number of aliphatic carboxylic acids is 2. The molecule has 1 saturated heterocycles. The molecule has 5 aromatic carbocycles. The summed E-state index contributed by atoms with van der Waals surface area (Å²) in [7, 11) is 1.15. The molecule has 1 fully saturated rings. The predicted octanol–water partition coefficient (Wildman–Crippen LogP) is 6.52. The van der Waals surface area contributed by atoms with Gasteiger partial charge in [0.05, 0.1) is 29.6 Å². The first-order chi connectivity index (χ1) is 29.6. The summed E-state index contributed by atoms with van der Waals surface area (Å²) in [5.41, 5.74) is 7.84. The van der Waals surface area contributed by atoms with Gasteiger partial charge in [-0.1, -0.05) is 123 Å². The zero-order valence-electron chi connectivity index (χ0n) is 33.6. The molecule has 319 valence electrons. The molecule has 5 atom stereocenters. The monoisotopic (exact) mass is 999 g/mol. The van der Waals surface area contributed by atoms with Crippen LogP contribution in [0.15, 0.2) is 140 Å². The van der Waals surface area contributed by atoms with Gasteiger partial charge >= 0.3 is 22.5 Å². The second-order valence-corrected chi connectivity index (χ2v) is 17.3. The van der Waals surface area contributed by atoms with Gasteiger partial charge in [-0.15, -0.1) is 0 Å². The fourth-order valence-corrected chi connectivity index (χ4v) is 9.56. The fourth-order valence-electron chi connectivity index (χ4n) is 8.81. The second-order valence-electron chi connectivity index (χ2n) is 15.5. The number of nitrogens with zero attached hydrogens (tertiary/aromatic N) is 3. The number of likely N-dealkylation sites (tertiary alicyclic amines) is 1. The molecule has 0 aromatic heterocycles. The van der Waals surface area contributed by atoms with E-state index in [1.165, 1.54) is 5.56 Å². The summed E-state index contributed by atoms with van der Waals surface area (Å²) < 4.78 is 1.84. The van der Waals surface area contributed by atoms with Crippen LogP contribution >= 0.6 is 31.9 Å². The van der Waals surface area contributed by atoms with E-state index in [1.807, 2.05) is 103 Å². The van der Waals surface area contributed by atoms with E-state index in [4.69, 9.17) is 4.99 Å². The zero-order valence-corrected chi connectivity index (χ0v) is 37.8. The minimum atomic E-state index is -1.22. The number of aliphatic imine (C=N–C) groups is 2. The molecule has 10 nitrogen and oxygen atoms in total. The molecule has 0 saturated carbocycles. The fraction of sp³-hybridized carbons (Fsp3) is 0.271. The standard InChI is InChI=1S/C36H34BrN3O3.C12H12BBrNO3.Ni/c37-27-19-17-25-18-20-28(30(25)22-27)34(36(42)43)39-33(26-12-5-2-6-13-26)29-14-7-8-15-31(29)38-35(41)32-16-9-21-40(32)23-24-10-3-1-4-11-24;14-8-3-1-7-2-4-9(10(7)5-8)11(12(17)18)15-13-6-16;/h1-8,10-15,17,19,22,28,32,34H,9,16,18,20-21,23H2,(H,38,41)(H,42,43);1,3,5-6,9,11,15H,2,4H2,(H,17,18);/q;;+2/p-2/t28-,32-,34-;9-,11-;/m00./s1. The van der Waals surface area contributed by atoms with Crippen molar-refractivity contribution < 1.29 is 46.2 Å². The number of nitrogens with one attached hydrogen (secondary N) is 1. The maximum Gasteiger partial charge on any atom is 2.00 e. The molecular weight excluding hydrogens is 958 g/mol. The van der Waals surface area contributed by atoms with E-state index < -0.39 is 24.0 Å². The molecule has 1 radical (unpaired) electrons. The number of carbonyl (C=O) groups excluding carboxylic acids is 2. The van der Waals surface area contributed by atoms with Gasteiger partial charge < -0.3 is 30.1 Å². The van der Waals surface area contributed by atoms with Gasteiger partial charge in [0.2, 0.25) is 0 Å². The van der Waals surface area contributed by atoms with Crippen molar-refractivity contribution in [2.75, 3.05) is 6.54 Å². The molecule has 2 aliphatic carbocycles. The molecular formula is C48H44BBr2N4NiO6. The third-order valence-electron chi connectivity index (χ3n) is 11.7. The number of hydrogen-bond acceptors (Lipinski definition) is 9. The van der Waals surface area contributed by atoms with Crippen molar-refractivity contribution in [3.05, 3.63) is 169 Å². The van der Waals surface area contributed by atoms with E-state index in [9.17, 15) is 29.7 Å². The molecule has 62 heavy (non-hydrogen) atoms. The number of carboxylic acids is 2. The van der Waals surface area contributed by atoms with Crippen molar-refractivity contribution in [3.8, 4) is 0 Å². The normalized spacial score (nSPS) is 19.2. The van der Waals surface area contributed by atoms with Crippen molar-refractivity contribution in [2.24, 2.45) is 9.98 Å². The average Bonchev–Trinajstić information content (AvgIpc) is 4.01. The summed E-state index contributed by atoms with van der Waals surface area (Å²) >= 11 is 6.94. The Hall–Kier alpha value is -4.71. The van der Waals surface area contributed by atoms with Crippen molar-refractivity contribution in [3.63, 3.8) is 0 Å². The van der Waals surface area contributed by atoms with Crippen LogP contribution in [0, 0.1) is 0 Å². The second kappa shape index (κ2) is 22.1. The topological polar surface area (TPSA) is 158 Å². The molecule has 1 heterocycles. The van der Waals surface area contributed by atoms with Gasteiger partial charge in [-0.25, -0.2) is 0 Å². The Morgan fingerprint density at radius 3 is 2.05 bits per heavy atom. The minimum absolute atomic E-state index is 0. The first-order valence-corrected chi connectivity index (χ1v) is 22.0. The molecule has 1 aliphatic heterocycles. The Bertz CT molecular complexity index is 2420. The first-order valence-electron chi connectivity index (χ1n) is 20.4. The zero-order chi connectivity index (χ0) is 42.9. The number of para-hydroxylation sites is 1. The van der Waals surface area contributed by atoms with E-state index in [1.54, 1.807) is 6.07 Å². The smallest absolute Gasteiger partial charge is 0.861 e. The van der Waals surface area contributed by atoms with Gasteiger partial charge in [-0.05, 0) is 109 Å². The van der Waals surface area contributed by atoms with Crippen molar-refractivity contribution in [2.45, 2.75) is 75.0 Å². The Labute approximate surface area is 389 Å². The van der Waals surface area contributed by atoms with Crippen LogP contribution in [-0.2, 0) is 50.3 Å². The summed E-state index contributed by atoms with van der Waals surface area (Å²) in [6, 6.07) is 36.8. The number of aryl methyl sites for hydroxylation is 2. The number of benzene rings is 5. The van der Waals surface area contributed by atoms with Crippen molar-refractivity contribution in [1.82, 2.24) is 10.1 Å². The van der Waals surface area contributed by atoms with Crippen LogP contribution in [0.4, 0.5) is 5.69 Å². The number of halogens is 2. The molecule has 14 heteroatoms. The Kier molecular flexibility index (Phi) is 16.7. The summed E-state index contributed by atoms with van der Waals surface area (Å²) in [5.74, 6) is -2.79. The molecule has 0 bridgehead atoms. The number of carbonyl (C=O) groups is 3. The van der Waals surface area contributed by atoms with Crippen LogP contribution in [0.25, 0.3) is 0 Å². The number of rotatable bonds is 14. The van der Waals surface area contributed by atoms with Gasteiger partial charge in [-0.2, -0.15) is 0 Å². The van der Waals surface area contributed by atoms with Crippen LogP contribution in [0.5, 0.6) is 0 Å². The molecule has 0 spiro atoms. The van der Waals surface area contributed by atoms with Gasteiger partial charge in [0.15, 0.2) is 0 Å². The van der Waals surface area contributed by atoms with Gasteiger partial charge in [0.25, 0.3) is 7.41 Å². The summed E-state index contributed by atoms with van der Waals surface area (Å²) in [4.78, 5) is 46.1. The maximum atomic E-state index is 13.7. The molecule has 2 N–H and O–H groups in total. The first kappa shape index (κ1) is 46.8. The Morgan fingerprint density at radius 2 is 1.42 bits per heavy atom. The quantitative estimate of drug-likeness (QED) is 0.0552. The van der Waals surface area contributed by atoms with E-state index in [2.05, 4.69) is 59.1 Å². The molecule has 5 aromatic rings. The molecule has 3 aliphatic rings. The number of carboxylic acid groups (broad SMARTS) is 2. The predicted molar refractivity (Wildman–Crippen MR) is 242 cm³/mol. The number of hydrogen-bond donors (Lipinski definition) is 2. The summed E-state index contributed by atoms with van der Waals surface area (Å²) in [5, 5.41) is 38.3.